The predicted octanol–water partition coefficient (Wildman–Crippen LogP) is 4.15. The number of hydrogen-bond donors (Lipinski definition) is 2. The van der Waals surface area contributed by atoms with Crippen molar-refractivity contribution in [3.8, 4) is 0 Å². The lowest BCUT2D eigenvalue weighted by Gasteiger charge is -2.26. The second-order valence-corrected chi connectivity index (χ2v) is 7.73. The Kier molecular flexibility index (Phi) is 10.0. The number of thioether (sulfide) groups is 1. The standard InChI is InChI=1S/C20H25N3OS.2ClH/c1-15-12-17(14-23-8-10-25-11-9-23)4-7-19(15)22-20(24)13-16-2-5-18(21)6-3-16;;/h2-7,12H,8-11,13-14,21H2,1H3,(H,22,24);2*1H. The van der Waals surface area contributed by atoms with Gasteiger partial charge in [0.2, 0.25) is 5.91 Å². The van der Waals surface area contributed by atoms with Crippen molar-refractivity contribution in [2.45, 2.75) is 19.9 Å². The molecular formula is C20H27Cl2N3OS. The van der Waals surface area contributed by atoms with Crippen LogP contribution in [0.5, 0.6) is 0 Å². The summed E-state index contributed by atoms with van der Waals surface area (Å²) in [5.41, 5.74) is 10.6. The van der Waals surface area contributed by atoms with Crippen LogP contribution in [-0.2, 0) is 17.8 Å². The van der Waals surface area contributed by atoms with Crippen LogP contribution >= 0.6 is 36.6 Å². The minimum absolute atomic E-state index is 0. The van der Waals surface area contributed by atoms with Gasteiger partial charge in [0.05, 0.1) is 6.42 Å². The van der Waals surface area contributed by atoms with Gasteiger partial charge in [0.25, 0.3) is 0 Å². The zero-order valence-electron chi connectivity index (χ0n) is 15.4. The van der Waals surface area contributed by atoms with Crippen molar-refractivity contribution in [1.29, 1.82) is 0 Å². The van der Waals surface area contributed by atoms with Crippen molar-refractivity contribution in [3.63, 3.8) is 0 Å². The Hall–Kier alpha value is -1.40. The van der Waals surface area contributed by atoms with Crippen LogP contribution in [0.15, 0.2) is 42.5 Å². The molecule has 2 aromatic carbocycles. The van der Waals surface area contributed by atoms with Crippen LogP contribution in [0.25, 0.3) is 0 Å². The van der Waals surface area contributed by atoms with E-state index in [9.17, 15) is 4.79 Å². The van der Waals surface area contributed by atoms with E-state index in [0.717, 1.165) is 36.4 Å². The van der Waals surface area contributed by atoms with Gasteiger partial charge in [0.15, 0.2) is 0 Å². The number of nitrogen functional groups attached to an aromatic ring is 1. The van der Waals surface area contributed by atoms with E-state index in [1.165, 1.54) is 17.1 Å². The van der Waals surface area contributed by atoms with Gasteiger partial charge in [-0.2, -0.15) is 11.8 Å². The number of nitrogens with two attached hydrogens (primary N) is 1. The minimum Gasteiger partial charge on any atom is -0.399 e. The summed E-state index contributed by atoms with van der Waals surface area (Å²) in [5, 5.41) is 3.02. The van der Waals surface area contributed by atoms with Crippen molar-refractivity contribution in [3.05, 3.63) is 59.2 Å². The first-order chi connectivity index (χ1) is 12.1. The highest BCUT2D eigenvalue weighted by molar-refractivity contribution is 7.99. The molecule has 1 heterocycles. The molecule has 1 fully saturated rings. The lowest BCUT2D eigenvalue weighted by molar-refractivity contribution is -0.115. The number of carbonyl (C=O) groups excluding carboxylic acids is 1. The molecule has 7 heteroatoms. The smallest absolute Gasteiger partial charge is 0.228 e. The van der Waals surface area contributed by atoms with Crippen LogP contribution in [0.4, 0.5) is 11.4 Å². The first-order valence-electron chi connectivity index (χ1n) is 8.64. The molecule has 0 radical (unpaired) electrons. The summed E-state index contributed by atoms with van der Waals surface area (Å²) in [6.45, 7) is 5.35. The van der Waals surface area contributed by atoms with Gasteiger partial charge in [0.1, 0.15) is 0 Å². The number of halogens is 2. The molecule has 3 N–H and O–H groups in total. The van der Waals surface area contributed by atoms with E-state index < -0.39 is 0 Å². The first kappa shape index (κ1) is 23.6. The van der Waals surface area contributed by atoms with Gasteiger partial charge in [-0.3, -0.25) is 9.69 Å². The Bertz CT molecular complexity index is 735. The molecule has 1 amide bonds. The number of aryl methyl sites for hydroxylation is 1. The lowest BCUT2D eigenvalue weighted by Crippen LogP contribution is -2.31. The fourth-order valence-corrected chi connectivity index (χ4v) is 3.98. The van der Waals surface area contributed by atoms with Gasteiger partial charge >= 0.3 is 0 Å². The lowest BCUT2D eigenvalue weighted by atomic mass is 10.1. The van der Waals surface area contributed by atoms with Gasteiger partial charge in [-0.05, 0) is 41.8 Å². The summed E-state index contributed by atoms with van der Waals surface area (Å²) in [5.74, 6) is 2.44. The van der Waals surface area contributed by atoms with E-state index in [2.05, 4.69) is 22.3 Å². The van der Waals surface area contributed by atoms with Crippen LogP contribution in [0.1, 0.15) is 16.7 Å². The Morgan fingerprint density at radius 3 is 2.33 bits per heavy atom. The highest BCUT2D eigenvalue weighted by Crippen LogP contribution is 2.19. The van der Waals surface area contributed by atoms with Gasteiger partial charge in [0, 0.05) is 42.5 Å². The number of benzene rings is 2. The highest BCUT2D eigenvalue weighted by atomic mass is 35.5. The number of nitrogens with one attached hydrogen (secondary N) is 1. The Morgan fingerprint density at radius 1 is 1.07 bits per heavy atom. The van der Waals surface area contributed by atoms with Gasteiger partial charge in [-0.1, -0.05) is 24.3 Å². The second-order valence-electron chi connectivity index (χ2n) is 6.50. The van der Waals surface area contributed by atoms with Crippen LogP contribution in [0, 0.1) is 6.92 Å². The van der Waals surface area contributed by atoms with Crippen molar-refractivity contribution < 1.29 is 4.79 Å². The van der Waals surface area contributed by atoms with Crippen molar-refractivity contribution >= 4 is 53.9 Å². The molecule has 0 aliphatic carbocycles. The fourth-order valence-electron chi connectivity index (χ4n) is 3.00. The highest BCUT2D eigenvalue weighted by Gasteiger charge is 2.12. The van der Waals surface area contributed by atoms with Gasteiger partial charge in [-0.25, -0.2) is 0 Å². The monoisotopic (exact) mass is 427 g/mol. The average Bonchev–Trinajstić information content (AvgIpc) is 2.60. The van der Waals surface area contributed by atoms with E-state index in [4.69, 9.17) is 5.73 Å². The van der Waals surface area contributed by atoms with Crippen LogP contribution in [-0.4, -0.2) is 35.4 Å². The molecule has 1 saturated heterocycles. The molecule has 0 saturated carbocycles. The zero-order valence-corrected chi connectivity index (χ0v) is 17.9. The predicted molar refractivity (Wildman–Crippen MR) is 121 cm³/mol. The zero-order chi connectivity index (χ0) is 17.6. The van der Waals surface area contributed by atoms with Crippen LogP contribution in [0.3, 0.4) is 0 Å². The maximum Gasteiger partial charge on any atom is 0.228 e. The molecule has 4 nitrogen and oxygen atoms in total. The van der Waals surface area contributed by atoms with E-state index in [1.54, 1.807) is 0 Å². The van der Waals surface area contributed by atoms with Gasteiger partial charge in [-0.15, -0.1) is 24.8 Å². The molecule has 1 aliphatic heterocycles. The van der Waals surface area contributed by atoms with E-state index in [1.807, 2.05) is 49.0 Å². The van der Waals surface area contributed by atoms with E-state index >= 15 is 0 Å². The van der Waals surface area contributed by atoms with Gasteiger partial charge < -0.3 is 11.1 Å². The number of nitrogens with zero attached hydrogens (tertiary/aromatic N) is 1. The number of rotatable bonds is 5. The topological polar surface area (TPSA) is 58.4 Å². The average molecular weight is 428 g/mol. The number of hydrogen-bond acceptors (Lipinski definition) is 4. The van der Waals surface area contributed by atoms with Crippen LogP contribution in [0.2, 0.25) is 0 Å². The molecule has 1 aliphatic rings. The second kappa shape index (κ2) is 11.4. The third-order valence-corrected chi connectivity index (χ3v) is 5.36. The molecule has 0 spiro atoms. The maximum absolute atomic E-state index is 12.3. The Balaban J connectivity index is 0.00000182. The maximum atomic E-state index is 12.3. The van der Waals surface area contributed by atoms with Crippen molar-refractivity contribution in [2.24, 2.45) is 0 Å². The summed E-state index contributed by atoms with van der Waals surface area (Å²) in [6.07, 6.45) is 0.354. The normalized spacial score (nSPS) is 14.0. The quantitative estimate of drug-likeness (QED) is 0.703. The summed E-state index contributed by atoms with van der Waals surface area (Å²) in [4.78, 5) is 14.8. The number of anilines is 2. The summed E-state index contributed by atoms with van der Waals surface area (Å²) in [6, 6.07) is 13.7. The largest absolute Gasteiger partial charge is 0.399 e. The Labute approximate surface area is 178 Å². The first-order valence-corrected chi connectivity index (χ1v) is 9.79. The van der Waals surface area contributed by atoms with E-state index in [-0.39, 0.29) is 30.7 Å². The van der Waals surface area contributed by atoms with E-state index in [0.29, 0.717) is 12.1 Å². The summed E-state index contributed by atoms with van der Waals surface area (Å²) < 4.78 is 0. The third-order valence-electron chi connectivity index (χ3n) is 4.42. The molecule has 0 aromatic heterocycles. The van der Waals surface area contributed by atoms with Crippen LogP contribution < -0.4 is 11.1 Å². The molecule has 0 bridgehead atoms. The fraction of sp³-hybridized carbons (Fsp3) is 0.350. The summed E-state index contributed by atoms with van der Waals surface area (Å²) >= 11 is 2.03. The molecule has 2 aromatic rings. The number of amides is 1. The van der Waals surface area contributed by atoms with Crippen molar-refractivity contribution in [1.82, 2.24) is 4.90 Å². The molecule has 148 valence electrons. The molecule has 27 heavy (non-hydrogen) atoms. The SMILES string of the molecule is Cc1cc(CN2CCSCC2)ccc1NC(=O)Cc1ccc(N)cc1.Cl.Cl. The third kappa shape index (κ3) is 7.26. The molecule has 0 unspecified atom stereocenters. The minimum atomic E-state index is -0.00585. The van der Waals surface area contributed by atoms with Crippen molar-refractivity contribution in [2.75, 3.05) is 35.6 Å². The molecule has 3 rings (SSSR count). The molecular weight excluding hydrogens is 401 g/mol. The Morgan fingerprint density at radius 2 is 1.70 bits per heavy atom. The number of carbonyl (C=O) groups is 1. The summed E-state index contributed by atoms with van der Waals surface area (Å²) in [7, 11) is 0. The molecule has 0 atom stereocenters.